The Bertz CT molecular complexity index is 1210. The number of phosphoric ester groups is 1. The molecule has 0 saturated heterocycles. The van der Waals surface area contributed by atoms with Gasteiger partial charge in [0.25, 0.3) is 0 Å². The largest absolute Gasteiger partial charge is 0.530 e. The first-order valence-electron chi connectivity index (χ1n) is 14.4. The van der Waals surface area contributed by atoms with Crippen LogP contribution in [0, 0.1) is 23.2 Å². The molecule has 220 valence electrons. The summed E-state index contributed by atoms with van der Waals surface area (Å²) < 4.78 is 29.2. The summed E-state index contributed by atoms with van der Waals surface area (Å²) in [6.45, 7) is 11.9. The molecule has 1 aromatic carbocycles. The van der Waals surface area contributed by atoms with Crippen LogP contribution in [0.4, 0.5) is 0 Å². The SMILES string of the molecule is C=C(C)SC(=NC)NC(=O)CCC1CC(=O)C2(C)CCC3c4ccc(OP(=O)(OCC)OCC)cc4CCC3C12. The Morgan fingerprint density at radius 1 is 1.25 bits per heavy atom. The fourth-order valence-corrected chi connectivity index (χ4v) is 9.04. The van der Waals surface area contributed by atoms with Crippen molar-refractivity contribution in [3.63, 3.8) is 0 Å². The van der Waals surface area contributed by atoms with Gasteiger partial charge in [0, 0.05) is 25.3 Å². The van der Waals surface area contributed by atoms with Gasteiger partial charge in [0.05, 0.1) is 13.2 Å². The molecule has 0 heterocycles. The molecule has 0 aliphatic heterocycles. The van der Waals surface area contributed by atoms with Crippen LogP contribution < -0.4 is 9.84 Å². The van der Waals surface area contributed by atoms with Gasteiger partial charge in [-0.25, -0.2) is 4.57 Å². The zero-order valence-electron chi connectivity index (χ0n) is 24.4. The van der Waals surface area contributed by atoms with E-state index in [2.05, 4.69) is 29.9 Å². The predicted molar refractivity (Wildman–Crippen MR) is 160 cm³/mol. The van der Waals surface area contributed by atoms with Crippen molar-refractivity contribution in [3.05, 3.63) is 40.8 Å². The Morgan fingerprint density at radius 3 is 2.62 bits per heavy atom. The van der Waals surface area contributed by atoms with Gasteiger partial charge in [-0.15, -0.1) is 0 Å². The van der Waals surface area contributed by atoms with Gasteiger partial charge in [-0.05, 0) is 105 Å². The first kappa shape index (κ1) is 31.0. The third kappa shape index (κ3) is 6.59. The summed E-state index contributed by atoms with van der Waals surface area (Å²) in [4.78, 5) is 31.1. The second-order valence-corrected chi connectivity index (χ2v) is 14.2. The van der Waals surface area contributed by atoms with Gasteiger partial charge in [-0.3, -0.25) is 23.6 Å². The van der Waals surface area contributed by atoms with Crippen molar-refractivity contribution in [1.82, 2.24) is 5.32 Å². The number of amides is 1. The van der Waals surface area contributed by atoms with E-state index in [1.807, 2.05) is 19.1 Å². The van der Waals surface area contributed by atoms with Crippen molar-refractivity contribution >= 4 is 36.4 Å². The number of phosphoric acid groups is 1. The molecule has 3 aliphatic rings. The lowest BCUT2D eigenvalue weighted by molar-refractivity contribution is -0.129. The lowest BCUT2D eigenvalue weighted by Crippen LogP contribution is -2.44. The van der Waals surface area contributed by atoms with Gasteiger partial charge >= 0.3 is 7.82 Å². The van der Waals surface area contributed by atoms with E-state index in [1.165, 1.54) is 22.9 Å². The summed E-state index contributed by atoms with van der Waals surface area (Å²) in [6.07, 6.45) is 5.29. The molecule has 2 saturated carbocycles. The molecule has 0 spiro atoms. The van der Waals surface area contributed by atoms with E-state index in [0.717, 1.165) is 30.6 Å². The molecular formula is C30H43N2O6PS. The molecule has 2 fully saturated rings. The summed E-state index contributed by atoms with van der Waals surface area (Å²) in [6, 6.07) is 5.93. The topological polar surface area (TPSA) is 103 Å². The van der Waals surface area contributed by atoms with Crippen molar-refractivity contribution in [1.29, 1.82) is 0 Å². The molecule has 8 nitrogen and oxygen atoms in total. The molecular weight excluding hydrogens is 547 g/mol. The number of hydrogen-bond donors (Lipinski definition) is 1. The number of benzene rings is 1. The molecule has 1 N–H and O–H groups in total. The Hall–Kier alpha value is -1.93. The van der Waals surface area contributed by atoms with Crippen LogP contribution in [-0.4, -0.2) is 37.1 Å². The average Bonchev–Trinajstić information content (AvgIpc) is 3.16. The highest BCUT2D eigenvalue weighted by atomic mass is 32.2. The first-order valence-corrected chi connectivity index (χ1v) is 16.7. The molecule has 4 rings (SSSR count). The van der Waals surface area contributed by atoms with E-state index >= 15 is 0 Å². The summed E-state index contributed by atoms with van der Waals surface area (Å²) >= 11 is 1.35. The second kappa shape index (κ2) is 12.9. The summed E-state index contributed by atoms with van der Waals surface area (Å²) in [5.74, 6) is 1.97. The molecule has 0 aromatic heterocycles. The first-order chi connectivity index (χ1) is 19.0. The smallest absolute Gasteiger partial charge is 0.404 e. The maximum absolute atomic E-state index is 13.3. The van der Waals surface area contributed by atoms with E-state index in [0.29, 0.717) is 47.8 Å². The maximum Gasteiger partial charge on any atom is 0.530 e. The van der Waals surface area contributed by atoms with Crippen molar-refractivity contribution in [2.24, 2.45) is 28.2 Å². The number of nitrogens with one attached hydrogen (secondary N) is 1. The number of Topliss-reactive ketones (excluding diaryl/α,β-unsaturated/α-hetero) is 1. The maximum atomic E-state index is 13.3. The van der Waals surface area contributed by atoms with Gasteiger partial charge in [0.1, 0.15) is 11.5 Å². The van der Waals surface area contributed by atoms with Crippen LogP contribution in [0.3, 0.4) is 0 Å². The third-order valence-corrected chi connectivity index (χ3v) is 11.2. The minimum atomic E-state index is -3.66. The van der Waals surface area contributed by atoms with Gasteiger partial charge in [-0.1, -0.05) is 31.3 Å². The molecule has 1 aromatic rings. The molecule has 10 heteroatoms. The second-order valence-electron chi connectivity index (χ2n) is 11.3. The molecule has 5 unspecified atom stereocenters. The number of carbonyl (C=O) groups excluding carboxylic acids is 2. The van der Waals surface area contributed by atoms with Crippen LogP contribution in [0.25, 0.3) is 0 Å². The number of thioether (sulfide) groups is 1. The highest BCUT2D eigenvalue weighted by Gasteiger charge is 2.58. The zero-order chi connectivity index (χ0) is 29.1. The van der Waals surface area contributed by atoms with Crippen molar-refractivity contribution in [2.45, 2.75) is 78.6 Å². The van der Waals surface area contributed by atoms with Crippen LogP contribution in [0.5, 0.6) is 5.75 Å². The number of aryl methyl sites for hydroxylation is 1. The van der Waals surface area contributed by atoms with E-state index in [1.54, 1.807) is 20.9 Å². The van der Waals surface area contributed by atoms with Crippen LogP contribution in [-0.2, 0) is 29.6 Å². The van der Waals surface area contributed by atoms with Gasteiger partial charge < -0.3 is 9.84 Å². The fourth-order valence-electron chi connectivity index (χ4n) is 7.27. The average molecular weight is 591 g/mol. The summed E-state index contributed by atoms with van der Waals surface area (Å²) in [5.41, 5.74) is 2.17. The van der Waals surface area contributed by atoms with Gasteiger partial charge in [-0.2, -0.15) is 0 Å². The van der Waals surface area contributed by atoms with Crippen LogP contribution in [0.2, 0.25) is 0 Å². The highest BCUT2D eigenvalue weighted by Crippen LogP contribution is 2.62. The Morgan fingerprint density at radius 2 is 1.98 bits per heavy atom. The number of fused-ring (bicyclic) bond motifs is 5. The minimum absolute atomic E-state index is 0.0688. The minimum Gasteiger partial charge on any atom is -0.404 e. The summed E-state index contributed by atoms with van der Waals surface area (Å²) in [5, 5.41) is 3.45. The number of ketones is 1. The van der Waals surface area contributed by atoms with Crippen LogP contribution in [0.1, 0.15) is 83.3 Å². The van der Waals surface area contributed by atoms with Crippen molar-refractivity contribution < 1.29 is 27.7 Å². The molecule has 5 atom stereocenters. The quantitative estimate of drug-likeness (QED) is 0.177. The number of carbonyl (C=O) groups is 2. The predicted octanol–water partition coefficient (Wildman–Crippen LogP) is 7.05. The number of hydrogen-bond acceptors (Lipinski definition) is 8. The van der Waals surface area contributed by atoms with Gasteiger partial charge in [0.2, 0.25) is 5.91 Å². The molecule has 3 aliphatic carbocycles. The molecule has 40 heavy (non-hydrogen) atoms. The number of amidine groups is 1. The Labute approximate surface area is 242 Å². The highest BCUT2D eigenvalue weighted by molar-refractivity contribution is 8.17. The number of allylic oxidation sites excluding steroid dienone is 1. The third-order valence-electron chi connectivity index (χ3n) is 8.80. The van der Waals surface area contributed by atoms with Crippen LogP contribution in [0.15, 0.2) is 34.7 Å². The van der Waals surface area contributed by atoms with E-state index in [-0.39, 0.29) is 36.4 Å². The Balaban J connectivity index is 1.49. The van der Waals surface area contributed by atoms with E-state index < -0.39 is 7.82 Å². The van der Waals surface area contributed by atoms with E-state index in [4.69, 9.17) is 13.6 Å². The molecule has 0 radical (unpaired) electrons. The zero-order valence-corrected chi connectivity index (χ0v) is 26.1. The molecule has 1 amide bonds. The fraction of sp³-hybridized carbons (Fsp3) is 0.633. The normalized spacial score (nSPS) is 27.9. The lowest BCUT2D eigenvalue weighted by Gasteiger charge is -2.50. The van der Waals surface area contributed by atoms with E-state index in [9.17, 15) is 14.2 Å². The van der Waals surface area contributed by atoms with Crippen LogP contribution >= 0.6 is 19.6 Å². The van der Waals surface area contributed by atoms with Gasteiger partial charge in [0.15, 0.2) is 5.17 Å². The standard InChI is InChI=1S/C30H43N2O6PS/c1-7-36-39(35,37-8-2)38-22-11-13-23-20(17-22)9-12-25-24(23)15-16-30(5)26(33)18-21(28(25)30)10-14-27(34)32-29(31-6)40-19(3)4/h11,13,17,21,24-25,28H,3,7-10,12,14-16,18H2,1-2,4-6H3,(H,31,32,34). The monoisotopic (exact) mass is 590 g/mol. The number of rotatable bonds is 10. The summed E-state index contributed by atoms with van der Waals surface area (Å²) in [7, 11) is -2.01. The number of nitrogens with zero attached hydrogens (tertiary/aromatic N) is 1. The number of aliphatic imine (C=N–C) groups is 1. The van der Waals surface area contributed by atoms with Crippen molar-refractivity contribution in [3.8, 4) is 5.75 Å². The van der Waals surface area contributed by atoms with Crippen molar-refractivity contribution in [2.75, 3.05) is 20.3 Å². The lowest BCUT2D eigenvalue weighted by atomic mass is 9.54. The molecule has 0 bridgehead atoms. The Kier molecular flexibility index (Phi) is 10.0.